The van der Waals surface area contributed by atoms with Crippen LogP contribution in [0.1, 0.15) is 22.9 Å². The summed E-state index contributed by atoms with van der Waals surface area (Å²) in [6.45, 7) is 0. The molecule has 108 valence electrons. The topological polar surface area (TPSA) is 25.2 Å². The fraction of sp³-hybridized carbons (Fsp3) is 0.286. The Bertz CT molecular complexity index is 580. The fourth-order valence-corrected chi connectivity index (χ4v) is 2.29. The molecule has 1 heterocycles. The van der Waals surface area contributed by atoms with Gasteiger partial charge in [0.1, 0.15) is 5.76 Å². The van der Waals surface area contributed by atoms with E-state index in [2.05, 4.69) is 21.2 Å². The van der Waals surface area contributed by atoms with E-state index in [0.29, 0.717) is 22.4 Å². The van der Waals surface area contributed by atoms with Crippen molar-refractivity contribution in [3.63, 3.8) is 0 Å². The molecule has 1 N–H and O–H groups in total. The summed E-state index contributed by atoms with van der Waals surface area (Å²) in [6, 6.07) is 8.71. The zero-order valence-electron chi connectivity index (χ0n) is 10.7. The lowest BCUT2D eigenvalue weighted by molar-refractivity contribution is -0.137. The average Bonchev–Trinajstić information content (AvgIpc) is 2.82. The molecule has 0 bridgehead atoms. The van der Waals surface area contributed by atoms with E-state index in [9.17, 15) is 13.2 Å². The maximum atomic E-state index is 12.7. The lowest BCUT2D eigenvalue weighted by atomic mass is 10.0. The normalized spacial score (nSPS) is 13.4. The molecule has 0 amide bonds. The van der Waals surface area contributed by atoms with Gasteiger partial charge in [0.05, 0.1) is 11.6 Å². The summed E-state index contributed by atoms with van der Waals surface area (Å²) in [6.07, 6.45) is -3.90. The third kappa shape index (κ3) is 3.64. The average molecular weight is 348 g/mol. The van der Waals surface area contributed by atoms with Crippen molar-refractivity contribution >= 4 is 15.9 Å². The number of nitrogens with one attached hydrogen (secondary N) is 1. The number of likely N-dealkylation sites (N-methyl/N-ethyl adjacent to an activating group) is 1. The minimum Gasteiger partial charge on any atom is -0.453 e. The zero-order chi connectivity index (χ0) is 14.8. The van der Waals surface area contributed by atoms with Gasteiger partial charge in [-0.2, -0.15) is 13.2 Å². The smallest absolute Gasteiger partial charge is 0.416 e. The minimum atomic E-state index is -4.32. The van der Waals surface area contributed by atoms with Crippen LogP contribution in [0.5, 0.6) is 0 Å². The van der Waals surface area contributed by atoms with Crippen LogP contribution in [0, 0.1) is 0 Å². The van der Waals surface area contributed by atoms with Crippen molar-refractivity contribution in [2.24, 2.45) is 0 Å². The highest BCUT2D eigenvalue weighted by molar-refractivity contribution is 9.10. The summed E-state index contributed by atoms with van der Waals surface area (Å²) in [5.74, 6) is 0.678. The number of rotatable bonds is 4. The molecule has 2 rings (SSSR count). The first-order valence-electron chi connectivity index (χ1n) is 5.99. The largest absolute Gasteiger partial charge is 0.453 e. The Kier molecular flexibility index (Phi) is 4.55. The standard InChI is InChI=1S/C14H13BrF3NO/c1-19-11(12-5-6-13(15)20-12)8-9-3-2-4-10(7-9)14(16,17)18/h2-7,11,19H,8H2,1H3. The van der Waals surface area contributed by atoms with E-state index in [1.165, 1.54) is 12.1 Å². The van der Waals surface area contributed by atoms with Gasteiger partial charge in [-0.3, -0.25) is 0 Å². The van der Waals surface area contributed by atoms with Gasteiger partial charge in [-0.15, -0.1) is 0 Å². The van der Waals surface area contributed by atoms with Gasteiger partial charge < -0.3 is 9.73 Å². The molecule has 20 heavy (non-hydrogen) atoms. The number of furan rings is 1. The molecule has 0 radical (unpaired) electrons. The predicted molar refractivity (Wildman–Crippen MR) is 73.4 cm³/mol. The van der Waals surface area contributed by atoms with Crippen molar-refractivity contribution in [1.29, 1.82) is 0 Å². The van der Waals surface area contributed by atoms with Crippen LogP contribution in [0.4, 0.5) is 13.2 Å². The molecule has 2 nitrogen and oxygen atoms in total. The Morgan fingerprint density at radius 2 is 2.00 bits per heavy atom. The van der Waals surface area contributed by atoms with Crippen LogP contribution >= 0.6 is 15.9 Å². The Morgan fingerprint density at radius 3 is 2.55 bits per heavy atom. The van der Waals surface area contributed by atoms with E-state index in [1.807, 2.05) is 0 Å². The van der Waals surface area contributed by atoms with E-state index in [0.717, 1.165) is 6.07 Å². The first-order valence-corrected chi connectivity index (χ1v) is 6.78. The SMILES string of the molecule is CNC(Cc1cccc(C(F)(F)F)c1)c1ccc(Br)o1. The fourth-order valence-electron chi connectivity index (χ4n) is 1.97. The number of alkyl halides is 3. The van der Waals surface area contributed by atoms with E-state index in [-0.39, 0.29) is 6.04 Å². The molecule has 0 saturated heterocycles. The molecule has 0 aliphatic carbocycles. The summed E-state index contributed by atoms with van der Waals surface area (Å²) < 4.78 is 44.1. The highest BCUT2D eigenvalue weighted by atomic mass is 79.9. The molecular formula is C14H13BrF3NO. The van der Waals surface area contributed by atoms with E-state index in [4.69, 9.17) is 4.42 Å². The van der Waals surface area contributed by atoms with Crippen LogP contribution in [0.3, 0.4) is 0 Å². The summed E-state index contributed by atoms with van der Waals surface area (Å²) in [5.41, 5.74) is -0.0304. The Balaban J connectivity index is 2.20. The molecule has 6 heteroatoms. The van der Waals surface area contributed by atoms with Crippen LogP contribution < -0.4 is 5.32 Å². The minimum absolute atomic E-state index is 0.176. The first kappa shape index (κ1) is 15.1. The molecule has 1 atom stereocenters. The second kappa shape index (κ2) is 6.01. The third-order valence-corrected chi connectivity index (χ3v) is 3.41. The van der Waals surface area contributed by atoms with Gasteiger partial charge in [0.2, 0.25) is 0 Å². The van der Waals surface area contributed by atoms with Gasteiger partial charge in [-0.25, -0.2) is 0 Å². The molecular weight excluding hydrogens is 335 g/mol. The highest BCUT2D eigenvalue weighted by Gasteiger charge is 2.30. The summed E-state index contributed by atoms with van der Waals surface area (Å²) in [7, 11) is 1.74. The highest BCUT2D eigenvalue weighted by Crippen LogP contribution is 2.31. The number of halogens is 4. The molecule has 2 aromatic rings. The summed E-state index contributed by atoms with van der Waals surface area (Å²) in [4.78, 5) is 0. The van der Waals surface area contributed by atoms with Crippen molar-refractivity contribution in [2.75, 3.05) is 7.05 Å². The number of hydrogen-bond acceptors (Lipinski definition) is 2. The van der Waals surface area contributed by atoms with Gasteiger partial charge in [-0.05, 0) is 53.2 Å². The lowest BCUT2D eigenvalue weighted by Gasteiger charge is -2.15. The summed E-state index contributed by atoms with van der Waals surface area (Å²) in [5, 5.41) is 3.04. The van der Waals surface area contributed by atoms with Crippen molar-refractivity contribution in [3.05, 3.63) is 58.0 Å². The van der Waals surface area contributed by atoms with Crippen molar-refractivity contribution < 1.29 is 17.6 Å². The quantitative estimate of drug-likeness (QED) is 0.876. The molecule has 0 aliphatic rings. The lowest BCUT2D eigenvalue weighted by Crippen LogP contribution is -2.18. The monoisotopic (exact) mass is 347 g/mol. The Hall–Kier alpha value is -1.27. The van der Waals surface area contributed by atoms with Gasteiger partial charge in [-0.1, -0.05) is 18.2 Å². The summed E-state index contributed by atoms with van der Waals surface area (Å²) >= 11 is 3.21. The van der Waals surface area contributed by atoms with Gasteiger partial charge in [0, 0.05) is 0 Å². The van der Waals surface area contributed by atoms with Gasteiger partial charge in [0.15, 0.2) is 4.67 Å². The van der Waals surface area contributed by atoms with E-state index >= 15 is 0 Å². The van der Waals surface area contributed by atoms with Crippen molar-refractivity contribution in [3.8, 4) is 0 Å². The molecule has 0 aliphatic heterocycles. The van der Waals surface area contributed by atoms with E-state index in [1.54, 1.807) is 25.2 Å². The molecule has 1 unspecified atom stereocenters. The first-order chi connectivity index (χ1) is 9.40. The van der Waals surface area contributed by atoms with Gasteiger partial charge >= 0.3 is 6.18 Å². The van der Waals surface area contributed by atoms with Crippen LogP contribution in [0.25, 0.3) is 0 Å². The Labute approximate surface area is 123 Å². The number of hydrogen-bond donors (Lipinski definition) is 1. The third-order valence-electron chi connectivity index (χ3n) is 2.98. The molecule has 0 fully saturated rings. The van der Waals surface area contributed by atoms with Crippen LogP contribution in [0.15, 0.2) is 45.5 Å². The molecule has 1 aromatic carbocycles. The maximum absolute atomic E-state index is 12.7. The molecule has 1 aromatic heterocycles. The Morgan fingerprint density at radius 1 is 1.25 bits per heavy atom. The predicted octanol–water partition coefficient (Wildman–Crippen LogP) is 4.56. The maximum Gasteiger partial charge on any atom is 0.416 e. The van der Waals surface area contributed by atoms with Crippen LogP contribution in [0.2, 0.25) is 0 Å². The van der Waals surface area contributed by atoms with Crippen LogP contribution in [-0.4, -0.2) is 7.05 Å². The molecule has 0 spiro atoms. The van der Waals surface area contributed by atoms with E-state index < -0.39 is 11.7 Å². The number of benzene rings is 1. The van der Waals surface area contributed by atoms with Crippen molar-refractivity contribution in [1.82, 2.24) is 5.32 Å². The van der Waals surface area contributed by atoms with Crippen molar-refractivity contribution in [2.45, 2.75) is 18.6 Å². The second-order valence-electron chi connectivity index (χ2n) is 4.39. The second-order valence-corrected chi connectivity index (χ2v) is 5.17. The van der Waals surface area contributed by atoms with Gasteiger partial charge in [0.25, 0.3) is 0 Å². The van der Waals surface area contributed by atoms with Crippen LogP contribution in [-0.2, 0) is 12.6 Å². The zero-order valence-corrected chi connectivity index (χ0v) is 12.3. The molecule has 0 saturated carbocycles.